The Bertz CT molecular complexity index is 144. The van der Waals surface area contributed by atoms with E-state index in [2.05, 4.69) is 4.90 Å². The zero-order valence-electron chi connectivity index (χ0n) is 7.89. The minimum atomic E-state index is 0.185. The van der Waals surface area contributed by atoms with Crippen molar-refractivity contribution in [2.24, 2.45) is 5.73 Å². The van der Waals surface area contributed by atoms with E-state index in [1.54, 1.807) is 0 Å². The van der Waals surface area contributed by atoms with Crippen LogP contribution in [0.1, 0.15) is 38.5 Å². The van der Waals surface area contributed by atoms with Crippen molar-refractivity contribution >= 4 is 0 Å². The van der Waals surface area contributed by atoms with Crippen LogP contribution in [0.3, 0.4) is 0 Å². The molecule has 1 aliphatic carbocycles. The Kier molecular flexibility index (Phi) is 2.37. The van der Waals surface area contributed by atoms with Gasteiger partial charge >= 0.3 is 0 Å². The van der Waals surface area contributed by atoms with E-state index in [-0.39, 0.29) is 5.54 Å². The summed E-state index contributed by atoms with van der Waals surface area (Å²) in [6.07, 6.45) is 7.98. The van der Waals surface area contributed by atoms with Crippen LogP contribution in [-0.4, -0.2) is 30.1 Å². The largest absolute Gasteiger partial charge is 0.324 e. The Hall–Kier alpha value is -0.0800. The maximum Gasteiger partial charge on any atom is 0.0283 e. The van der Waals surface area contributed by atoms with Gasteiger partial charge in [0.15, 0.2) is 0 Å². The first kappa shape index (κ1) is 8.52. The lowest BCUT2D eigenvalue weighted by molar-refractivity contribution is 0.248. The number of likely N-dealkylation sites (tertiary alicyclic amines) is 1. The van der Waals surface area contributed by atoms with Gasteiger partial charge in [-0.2, -0.15) is 0 Å². The molecule has 0 aromatic heterocycles. The molecular formula is C10H20N2. The van der Waals surface area contributed by atoms with Gasteiger partial charge in [-0.05, 0) is 38.8 Å². The van der Waals surface area contributed by atoms with Crippen LogP contribution >= 0.6 is 0 Å². The van der Waals surface area contributed by atoms with E-state index in [9.17, 15) is 0 Å². The zero-order valence-corrected chi connectivity index (χ0v) is 7.89. The van der Waals surface area contributed by atoms with Crippen molar-refractivity contribution in [3.63, 3.8) is 0 Å². The summed E-state index contributed by atoms with van der Waals surface area (Å²) in [5.74, 6) is 0. The number of hydrogen-bond donors (Lipinski definition) is 1. The zero-order chi connectivity index (χ0) is 8.44. The highest BCUT2D eigenvalue weighted by Gasteiger charge is 2.31. The summed E-state index contributed by atoms with van der Waals surface area (Å²) >= 11 is 0. The third-order valence-electron chi connectivity index (χ3n) is 3.34. The summed E-state index contributed by atoms with van der Waals surface area (Å²) in [5.41, 5.74) is 6.48. The SMILES string of the molecule is NC1(CN2CCCC2)CCCC1. The second-order valence-electron chi connectivity index (χ2n) is 4.55. The van der Waals surface area contributed by atoms with Crippen molar-refractivity contribution in [2.45, 2.75) is 44.1 Å². The lowest BCUT2D eigenvalue weighted by atomic mass is 9.99. The summed E-state index contributed by atoms with van der Waals surface area (Å²) in [6.45, 7) is 3.74. The van der Waals surface area contributed by atoms with Crippen molar-refractivity contribution in [1.29, 1.82) is 0 Å². The van der Waals surface area contributed by atoms with E-state index in [0.29, 0.717) is 0 Å². The first-order valence-corrected chi connectivity index (χ1v) is 5.30. The molecule has 0 aromatic carbocycles. The monoisotopic (exact) mass is 168 g/mol. The molecule has 70 valence electrons. The molecule has 12 heavy (non-hydrogen) atoms. The second kappa shape index (κ2) is 3.35. The van der Waals surface area contributed by atoms with Gasteiger partial charge in [0.2, 0.25) is 0 Å². The minimum absolute atomic E-state index is 0.185. The van der Waals surface area contributed by atoms with Crippen molar-refractivity contribution in [3.8, 4) is 0 Å². The van der Waals surface area contributed by atoms with Crippen LogP contribution in [0.2, 0.25) is 0 Å². The van der Waals surface area contributed by atoms with Crippen molar-refractivity contribution < 1.29 is 0 Å². The fourth-order valence-corrected chi connectivity index (χ4v) is 2.62. The topological polar surface area (TPSA) is 29.3 Å². The summed E-state index contributed by atoms with van der Waals surface area (Å²) in [4.78, 5) is 2.55. The molecule has 2 rings (SSSR count). The minimum Gasteiger partial charge on any atom is -0.324 e. The maximum absolute atomic E-state index is 6.30. The lowest BCUT2D eigenvalue weighted by Crippen LogP contribution is -2.47. The fraction of sp³-hybridized carbons (Fsp3) is 1.00. The van der Waals surface area contributed by atoms with Gasteiger partial charge in [0, 0.05) is 12.1 Å². The molecule has 2 N–H and O–H groups in total. The van der Waals surface area contributed by atoms with Gasteiger partial charge in [-0.1, -0.05) is 12.8 Å². The Morgan fingerprint density at radius 1 is 1.00 bits per heavy atom. The second-order valence-corrected chi connectivity index (χ2v) is 4.55. The van der Waals surface area contributed by atoms with Gasteiger partial charge < -0.3 is 10.6 Å². The highest BCUT2D eigenvalue weighted by atomic mass is 15.2. The Balaban J connectivity index is 1.83. The van der Waals surface area contributed by atoms with E-state index in [1.807, 2.05) is 0 Å². The van der Waals surface area contributed by atoms with Gasteiger partial charge in [0.25, 0.3) is 0 Å². The molecule has 0 unspecified atom stereocenters. The van der Waals surface area contributed by atoms with Crippen LogP contribution in [-0.2, 0) is 0 Å². The van der Waals surface area contributed by atoms with E-state index in [4.69, 9.17) is 5.73 Å². The average molecular weight is 168 g/mol. The number of hydrogen-bond acceptors (Lipinski definition) is 2. The smallest absolute Gasteiger partial charge is 0.0283 e. The number of nitrogens with two attached hydrogens (primary N) is 1. The van der Waals surface area contributed by atoms with Crippen molar-refractivity contribution in [2.75, 3.05) is 19.6 Å². The van der Waals surface area contributed by atoms with E-state index >= 15 is 0 Å². The van der Waals surface area contributed by atoms with Crippen molar-refractivity contribution in [3.05, 3.63) is 0 Å². The molecule has 2 heteroatoms. The molecule has 2 fully saturated rings. The molecule has 0 aromatic rings. The molecule has 1 saturated heterocycles. The third kappa shape index (κ3) is 1.80. The van der Waals surface area contributed by atoms with Crippen LogP contribution in [0, 0.1) is 0 Å². The number of nitrogens with zero attached hydrogens (tertiary/aromatic N) is 1. The lowest BCUT2D eigenvalue weighted by Gasteiger charge is -2.29. The highest BCUT2D eigenvalue weighted by molar-refractivity contribution is 4.92. The molecule has 2 aliphatic rings. The summed E-state index contributed by atoms with van der Waals surface area (Å²) in [6, 6.07) is 0. The maximum atomic E-state index is 6.30. The first-order valence-electron chi connectivity index (χ1n) is 5.30. The molecule has 1 saturated carbocycles. The van der Waals surface area contributed by atoms with E-state index in [1.165, 1.54) is 51.6 Å². The summed E-state index contributed by atoms with van der Waals surface area (Å²) < 4.78 is 0. The van der Waals surface area contributed by atoms with Gasteiger partial charge in [-0.25, -0.2) is 0 Å². The summed E-state index contributed by atoms with van der Waals surface area (Å²) in [5, 5.41) is 0. The standard InChI is InChI=1S/C10H20N2/c11-10(5-1-2-6-10)9-12-7-3-4-8-12/h1-9,11H2. The van der Waals surface area contributed by atoms with Gasteiger partial charge in [0.05, 0.1) is 0 Å². The van der Waals surface area contributed by atoms with Crippen LogP contribution in [0.15, 0.2) is 0 Å². The van der Waals surface area contributed by atoms with Gasteiger partial charge in [-0.15, -0.1) is 0 Å². The quantitative estimate of drug-likeness (QED) is 0.674. The molecule has 0 atom stereocenters. The Labute approximate surface area is 75.1 Å². The molecule has 0 radical (unpaired) electrons. The van der Waals surface area contributed by atoms with Gasteiger partial charge in [-0.3, -0.25) is 0 Å². The van der Waals surface area contributed by atoms with Crippen LogP contribution in [0.4, 0.5) is 0 Å². The average Bonchev–Trinajstić information content (AvgIpc) is 2.62. The van der Waals surface area contributed by atoms with E-state index < -0.39 is 0 Å². The molecule has 1 heterocycles. The van der Waals surface area contributed by atoms with Crippen molar-refractivity contribution in [1.82, 2.24) is 4.90 Å². The van der Waals surface area contributed by atoms with E-state index in [0.717, 1.165) is 6.54 Å². The van der Waals surface area contributed by atoms with Crippen LogP contribution in [0.5, 0.6) is 0 Å². The highest BCUT2D eigenvalue weighted by Crippen LogP contribution is 2.28. The van der Waals surface area contributed by atoms with Gasteiger partial charge in [0.1, 0.15) is 0 Å². The number of rotatable bonds is 2. The van der Waals surface area contributed by atoms with Crippen LogP contribution in [0.25, 0.3) is 0 Å². The molecule has 0 amide bonds. The third-order valence-corrected chi connectivity index (χ3v) is 3.34. The molecular weight excluding hydrogens is 148 g/mol. The molecule has 0 bridgehead atoms. The molecule has 1 aliphatic heterocycles. The molecule has 0 spiro atoms. The van der Waals surface area contributed by atoms with Crippen LogP contribution < -0.4 is 5.73 Å². The fourth-order valence-electron chi connectivity index (χ4n) is 2.62. The normalized spacial score (nSPS) is 29.8. The Morgan fingerprint density at radius 3 is 2.17 bits per heavy atom. The predicted molar refractivity (Wildman–Crippen MR) is 51.1 cm³/mol. The Morgan fingerprint density at radius 2 is 1.58 bits per heavy atom. The molecule has 2 nitrogen and oxygen atoms in total. The summed E-state index contributed by atoms with van der Waals surface area (Å²) in [7, 11) is 0. The predicted octanol–water partition coefficient (Wildman–Crippen LogP) is 1.35. The first-order chi connectivity index (χ1) is 5.79.